The second-order valence-electron chi connectivity index (χ2n) is 4.98. The lowest BCUT2D eigenvalue weighted by molar-refractivity contribution is 0.0689. The lowest BCUT2D eigenvalue weighted by Crippen LogP contribution is -2.43. The molecule has 98 valence electrons. The van der Waals surface area contributed by atoms with Gasteiger partial charge in [-0.3, -0.25) is 4.79 Å². The lowest BCUT2D eigenvalue weighted by atomic mass is 9.98. The number of halogens is 1. The van der Waals surface area contributed by atoms with E-state index in [0.29, 0.717) is 21.9 Å². The van der Waals surface area contributed by atoms with Gasteiger partial charge < -0.3 is 10.0 Å². The van der Waals surface area contributed by atoms with E-state index in [-0.39, 0.29) is 11.7 Å². The number of carbonyl (C=O) groups is 1. The highest BCUT2D eigenvalue weighted by molar-refractivity contribution is 9.09. The molecular formula is C14H18BrNO2. The molecule has 2 unspecified atom stereocenters. The molecule has 1 heterocycles. The molecule has 1 aliphatic heterocycles. The van der Waals surface area contributed by atoms with Crippen LogP contribution in [0.25, 0.3) is 0 Å². The first-order valence-electron chi connectivity index (χ1n) is 6.22. The maximum atomic E-state index is 12.4. The van der Waals surface area contributed by atoms with Crippen LogP contribution in [-0.2, 0) is 0 Å². The SMILES string of the molecule is Cc1c(O)cccc1C(=O)N1CCC(Br)C(C)C1. The van der Waals surface area contributed by atoms with Crippen molar-refractivity contribution in [1.82, 2.24) is 4.90 Å². The fraction of sp³-hybridized carbons (Fsp3) is 0.500. The van der Waals surface area contributed by atoms with Crippen LogP contribution in [0.5, 0.6) is 5.75 Å². The number of hydrogen-bond acceptors (Lipinski definition) is 2. The Balaban J connectivity index is 2.19. The lowest BCUT2D eigenvalue weighted by Gasteiger charge is -2.34. The fourth-order valence-electron chi connectivity index (χ4n) is 2.33. The van der Waals surface area contributed by atoms with E-state index >= 15 is 0 Å². The summed E-state index contributed by atoms with van der Waals surface area (Å²) in [7, 11) is 0. The zero-order valence-corrected chi connectivity index (χ0v) is 12.3. The predicted octanol–water partition coefficient (Wildman–Crippen LogP) is 2.95. The molecule has 3 nitrogen and oxygen atoms in total. The zero-order valence-electron chi connectivity index (χ0n) is 10.7. The molecule has 1 aliphatic rings. The molecule has 18 heavy (non-hydrogen) atoms. The minimum Gasteiger partial charge on any atom is -0.508 e. The summed E-state index contributed by atoms with van der Waals surface area (Å²) in [4.78, 5) is 14.8. The second kappa shape index (κ2) is 5.31. The van der Waals surface area contributed by atoms with Crippen LogP contribution in [0.4, 0.5) is 0 Å². The zero-order chi connectivity index (χ0) is 13.3. The van der Waals surface area contributed by atoms with Crippen LogP contribution in [0.1, 0.15) is 29.3 Å². The first kappa shape index (κ1) is 13.4. The van der Waals surface area contributed by atoms with Crippen molar-refractivity contribution in [3.8, 4) is 5.75 Å². The van der Waals surface area contributed by atoms with Gasteiger partial charge in [-0.05, 0) is 31.4 Å². The monoisotopic (exact) mass is 311 g/mol. The number of alkyl halides is 1. The van der Waals surface area contributed by atoms with Gasteiger partial charge in [-0.1, -0.05) is 28.9 Å². The van der Waals surface area contributed by atoms with E-state index in [4.69, 9.17) is 0 Å². The standard InChI is InChI=1S/C14H18BrNO2/c1-9-8-16(7-6-12(9)15)14(18)11-4-3-5-13(17)10(11)2/h3-5,9,12,17H,6-8H2,1-2H3. The van der Waals surface area contributed by atoms with Crippen molar-refractivity contribution < 1.29 is 9.90 Å². The molecule has 0 aliphatic carbocycles. The van der Waals surface area contributed by atoms with Gasteiger partial charge in [0.1, 0.15) is 5.75 Å². The number of amides is 1. The summed E-state index contributed by atoms with van der Waals surface area (Å²) in [5.41, 5.74) is 1.27. The minimum absolute atomic E-state index is 0.0228. The van der Waals surface area contributed by atoms with Crippen LogP contribution >= 0.6 is 15.9 Å². The number of nitrogens with zero attached hydrogens (tertiary/aromatic N) is 1. The Labute approximate surface area is 116 Å². The number of phenols is 1. The molecule has 2 rings (SSSR count). The van der Waals surface area contributed by atoms with Crippen molar-refractivity contribution in [3.63, 3.8) is 0 Å². The number of carbonyl (C=O) groups excluding carboxylic acids is 1. The van der Waals surface area contributed by atoms with Gasteiger partial charge in [0.15, 0.2) is 0 Å². The third-order valence-electron chi connectivity index (χ3n) is 3.62. The molecule has 1 amide bonds. The fourth-order valence-corrected chi connectivity index (χ4v) is 2.70. The maximum Gasteiger partial charge on any atom is 0.254 e. The highest BCUT2D eigenvalue weighted by Crippen LogP contribution is 2.26. The molecule has 0 bridgehead atoms. The van der Waals surface area contributed by atoms with Crippen LogP contribution in [-0.4, -0.2) is 33.8 Å². The average molecular weight is 312 g/mol. The third-order valence-corrected chi connectivity index (χ3v) is 4.98. The maximum absolute atomic E-state index is 12.4. The van der Waals surface area contributed by atoms with E-state index in [9.17, 15) is 9.90 Å². The number of aromatic hydroxyl groups is 1. The van der Waals surface area contributed by atoms with Crippen LogP contribution in [0.3, 0.4) is 0 Å². The van der Waals surface area contributed by atoms with E-state index in [1.165, 1.54) is 0 Å². The van der Waals surface area contributed by atoms with Gasteiger partial charge in [-0.15, -0.1) is 0 Å². The molecule has 1 aromatic carbocycles. The molecule has 2 atom stereocenters. The average Bonchev–Trinajstić information content (AvgIpc) is 2.35. The van der Waals surface area contributed by atoms with Crippen molar-refractivity contribution in [1.29, 1.82) is 0 Å². The minimum atomic E-state index is 0.0228. The van der Waals surface area contributed by atoms with E-state index in [1.807, 2.05) is 4.90 Å². The van der Waals surface area contributed by atoms with Crippen LogP contribution in [0, 0.1) is 12.8 Å². The molecule has 1 N–H and O–H groups in total. The van der Waals surface area contributed by atoms with Gasteiger partial charge >= 0.3 is 0 Å². The van der Waals surface area contributed by atoms with E-state index in [0.717, 1.165) is 19.5 Å². The van der Waals surface area contributed by atoms with E-state index < -0.39 is 0 Å². The van der Waals surface area contributed by atoms with E-state index in [1.54, 1.807) is 25.1 Å². The summed E-state index contributed by atoms with van der Waals surface area (Å²) in [6, 6.07) is 5.11. The Bertz CT molecular complexity index is 461. The Hall–Kier alpha value is -1.03. The van der Waals surface area contributed by atoms with Gasteiger partial charge in [-0.25, -0.2) is 0 Å². The molecule has 0 aromatic heterocycles. The van der Waals surface area contributed by atoms with Gasteiger partial charge in [0.05, 0.1) is 0 Å². The van der Waals surface area contributed by atoms with E-state index in [2.05, 4.69) is 22.9 Å². The van der Waals surface area contributed by atoms with Crippen molar-refractivity contribution in [2.45, 2.75) is 25.1 Å². The number of phenolic OH excluding ortho intramolecular Hbond substituents is 1. The number of benzene rings is 1. The Kier molecular flexibility index (Phi) is 3.95. The number of piperidine rings is 1. The number of hydrogen-bond donors (Lipinski definition) is 1. The van der Waals surface area contributed by atoms with Crippen molar-refractivity contribution in [2.24, 2.45) is 5.92 Å². The molecule has 1 saturated heterocycles. The Morgan fingerprint density at radius 2 is 2.22 bits per heavy atom. The first-order valence-corrected chi connectivity index (χ1v) is 7.14. The normalized spacial score (nSPS) is 24.1. The molecule has 0 spiro atoms. The topological polar surface area (TPSA) is 40.5 Å². The largest absolute Gasteiger partial charge is 0.508 e. The summed E-state index contributed by atoms with van der Waals surface area (Å²) in [6.45, 7) is 5.47. The summed E-state index contributed by atoms with van der Waals surface area (Å²) in [5.74, 6) is 0.666. The highest BCUT2D eigenvalue weighted by Gasteiger charge is 2.28. The second-order valence-corrected chi connectivity index (χ2v) is 6.16. The molecular weight excluding hydrogens is 294 g/mol. The molecule has 0 radical (unpaired) electrons. The molecule has 0 saturated carbocycles. The first-order chi connectivity index (χ1) is 8.50. The van der Waals surface area contributed by atoms with Crippen LogP contribution in [0.2, 0.25) is 0 Å². The van der Waals surface area contributed by atoms with Crippen molar-refractivity contribution >= 4 is 21.8 Å². The van der Waals surface area contributed by atoms with Gasteiger partial charge in [0, 0.05) is 29.0 Å². The summed E-state index contributed by atoms with van der Waals surface area (Å²) < 4.78 is 0. The smallest absolute Gasteiger partial charge is 0.254 e. The quantitative estimate of drug-likeness (QED) is 0.810. The molecule has 1 fully saturated rings. The third kappa shape index (κ3) is 2.53. The van der Waals surface area contributed by atoms with Crippen molar-refractivity contribution in [3.05, 3.63) is 29.3 Å². The highest BCUT2D eigenvalue weighted by atomic mass is 79.9. The van der Waals surface area contributed by atoms with Gasteiger partial charge in [-0.2, -0.15) is 0 Å². The number of likely N-dealkylation sites (tertiary alicyclic amines) is 1. The van der Waals surface area contributed by atoms with Crippen LogP contribution in [0.15, 0.2) is 18.2 Å². The van der Waals surface area contributed by atoms with Gasteiger partial charge in [0.2, 0.25) is 0 Å². The summed E-state index contributed by atoms with van der Waals surface area (Å²) in [5, 5.41) is 9.66. The molecule has 1 aromatic rings. The summed E-state index contributed by atoms with van der Waals surface area (Å²) >= 11 is 3.63. The van der Waals surface area contributed by atoms with Crippen molar-refractivity contribution in [2.75, 3.05) is 13.1 Å². The summed E-state index contributed by atoms with van der Waals surface area (Å²) in [6.07, 6.45) is 0.977. The number of rotatable bonds is 1. The molecule has 4 heteroatoms. The van der Waals surface area contributed by atoms with Crippen LogP contribution < -0.4 is 0 Å². The van der Waals surface area contributed by atoms with Gasteiger partial charge in [0.25, 0.3) is 5.91 Å². The Morgan fingerprint density at radius 1 is 1.50 bits per heavy atom. The Morgan fingerprint density at radius 3 is 2.89 bits per heavy atom. The predicted molar refractivity (Wildman–Crippen MR) is 75.2 cm³/mol.